The number of aromatic nitrogens is 1. The molecule has 0 radical (unpaired) electrons. The monoisotopic (exact) mass is 389 g/mol. The molecule has 0 fully saturated rings. The zero-order chi connectivity index (χ0) is 20.2. The van der Waals surface area contributed by atoms with Gasteiger partial charge in [-0.2, -0.15) is 0 Å². The number of furan rings is 1. The molecule has 2 heterocycles. The minimum Gasteiger partial charge on any atom is -0.467 e. The van der Waals surface area contributed by atoms with Crippen LogP contribution in [0.1, 0.15) is 25.5 Å². The number of carbonyl (C=O) groups excluding carboxylic acids is 2. The third kappa shape index (κ3) is 4.01. The van der Waals surface area contributed by atoms with Gasteiger partial charge in [0.05, 0.1) is 12.8 Å². The minimum absolute atomic E-state index is 0.124. The Morgan fingerprint density at radius 3 is 2.52 bits per heavy atom. The van der Waals surface area contributed by atoms with Crippen LogP contribution in [0.4, 0.5) is 5.69 Å². The number of aryl methyl sites for hydroxylation is 1. The highest BCUT2D eigenvalue weighted by Gasteiger charge is 2.12. The van der Waals surface area contributed by atoms with Crippen LogP contribution in [0, 0.1) is 0 Å². The Hall–Kier alpha value is -3.54. The lowest BCUT2D eigenvalue weighted by molar-refractivity contribution is -0.124. The molecule has 0 aliphatic rings. The van der Waals surface area contributed by atoms with E-state index in [9.17, 15) is 9.59 Å². The largest absolute Gasteiger partial charge is 0.467 e. The van der Waals surface area contributed by atoms with Gasteiger partial charge in [0, 0.05) is 46.9 Å². The molecule has 0 aliphatic carbocycles. The van der Waals surface area contributed by atoms with Crippen LogP contribution in [0.15, 0.2) is 65.3 Å². The second-order valence-electron chi connectivity index (χ2n) is 6.90. The number of carbonyl (C=O) groups is 2. The molecule has 6 nitrogen and oxygen atoms in total. The van der Waals surface area contributed by atoms with E-state index >= 15 is 0 Å². The van der Waals surface area contributed by atoms with E-state index in [0.717, 1.165) is 28.5 Å². The van der Waals surface area contributed by atoms with Gasteiger partial charge in [-0.1, -0.05) is 18.2 Å². The average molecular weight is 389 g/mol. The van der Waals surface area contributed by atoms with Gasteiger partial charge in [-0.25, -0.2) is 0 Å². The number of hydrogen-bond donors (Lipinski definition) is 2. The van der Waals surface area contributed by atoms with E-state index in [1.165, 1.54) is 5.52 Å². The summed E-state index contributed by atoms with van der Waals surface area (Å²) in [6.07, 6.45) is 1.81. The first kappa shape index (κ1) is 18.8. The van der Waals surface area contributed by atoms with E-state index in [-0.39, 0.29) is 24.7 Å². The maximum absolute atomic E-state index is 12.3. The van der Waals surface area contributed by atoms with E-state index < -0.39 is 0 Å². The van der Waals surface area contributed by atoms with Gasteiger partial charge in [0.2, 0.25) is 11.8 Å². The predicted molar refractivity (Wildman–Crippen MR) is 114 cm³/mol. The van der Waals surface area contributed by atoms with E-state index in [1.807, 2.05) is 30.3 Å². The molecule has 29 heavy (non-hydrogen) atoms. The molecule has 0 saturated carbocycles. The molecular formula is C23H23N3O3. The summed E-state index contributed by atoms with van der Waals surface area (Å²) in [7, 11) is 0. The molecule has 2 N–H and O–H groups in total. The van der Waals surface area contributed by atoms with Crippen molar-refractivity contribution >= 4 is 39.3 Å². The molecule has 148 valence electrons. The Kier molecular flexibility index (Phi) is 5.33. The summed E-state index contributed by atoms with van der Waals surface area (Å²) in [6, 6.07) is 17.8. The molecule has 0 atom stereocenters. The summed E-state index contributed by atoms with van der Waals surface area (Å²) >= 11 is 0. The third-order valence-electron chi connectivity index (χ3n) is 4.99. The molecule has 0 aliphatic heterocycles. The van der Waals surface area contributed by atoms with Crippen molar-refractivity contribution in [3.63, 3.8) is 0 Å². The van der Waals surface area contributed by atoms with Gasteiger partial charge < -0.3 is 19.6 Å². The Balaban J connectivity index is 1.40. The number of fused-ring (bicyclic) bond motifs is 3. The first-order chi connectivity index (χ1) is 14.2. The van der Waals surface area contributed by atoms with Crippen LogP contribution in [-0.4, -0.2) is 16.4 Å². The second-order valence-corrected chi connectivity index (χ2v) is 6.90. The van der Waals surface area contributed by atoms with Gasteiger partial charge in [0.15, 0.2) is 0 Å². The van der Waals surface area contributed by atoms with Crippen LogP contribution in [0.5, 0.6) is 0 Å². The summed E-state index contributed by atoms with van der Waals surface area (Å²) in [5, 5.41) is 7.92. The molecule has 0 bridgehead atoms. The predicted octanol–water partition coefficient (Wildman–Crippen LogP) is 4.44. The quantitative estimate of drug-likeness (QED) is 0.490. The van der Waals surface area contributed by atoms with Crippen molar-refractivity contribution in [2.24, 2.45) is 0 Å². The highest BCUT2D eigenvalue weighted by atomic mass is 16.3. The summed E-state index contributed by atoms with van der Waals surface area (Å²) in [5.74, 6) is 0.317. The van der Waals surface area contributed by atoms with Crippen LogP contribution in [0.3, 0.4) is 0 Å². The van der Waals surface area contributed by atoms with Crippen LogP contribution in [0.25, 0.3) is 21.8 Å². The summed E-state index contributed by atoms with van der Waals surface area (Å²) in [5.41, 5.74) is 3.06. The van der Waals surface area contributed by atoms with Gasteiger partial charge in [-0.05, 0) is 43.3 Å². The van der Waals surface area contributed by atoms with Crippen LogP contribution >= 0.6 is 0 Å². The van der Waals surface area contributed by atoms with Crippen molar-refractivity contribution in [3.8, 4) is 0 Å². The normalized spacial score (nSPS) is 11.1. The molecule has 6 heteroatoms. The number of rotatable bonds is 7. The lowest BCUT2D eigenvalue weighted by Crippen LogP contribution is -2.24. The maximum atomic E-state index is 12.3. The molecule has 0 unspecified atom stereocenters. The third-order valence-corrected chi connectivity index (χ3v) is 4.99. The molecule has 0 saturated heterocycles. The zero-order valence-corrected chi connectivity index (χ0v) is 16.3. The SMILES string of the molecule is CCn1c2ccccc2c2cc(NC(=O)CCC(=O)NCc3ccco3)ccc21. The Labute approximate surface area is 168 Å². The van der Waals surface area contributed by atoms with Crippen molar-refractivity contribution < 1.29 is 14.0 Å². The number of anilines is 1. The second kappa shape index (κ2) is 8.22. The van der Waals surface area contributed by atoms with Crippen LogP contribution in [0.2, 0.25) is 0 Å². The van der Waals surface area contributed by atoms with Crippen molar-refractivity contribution in [2.75, 3.05) is 5.32 Å². The van der Waals surface area contributed by atoms with Gasteiger partial charge in [-0.15, -0.1) is 0 Å². The topological polar surface area (TPSA) is 76.3 Å². The van der Waals surface area contributed by atoms with Crippen LogP contribution in [-0.2, 0) is 22.7 Å². The molecule has 2 aromatic carbocycles. The molecule has 2 amide bonds. The fourth-order valence-electron chi connectivity index (χ4n) is 3.61. The fraction of sp³-hybridized carbons (Fsp3) is 0.217. The van der Waals surface area contributed by atoms with Gasteiger partial charge in [0.1, 0.15) is 5.76 Å². The Morgan fingerprint density at radius 2 is 1.72 bits per heavy atom. The first-order valence-electron chi connectivity index (χ1n) is 9.75. The molecule has 4 rings (SSSR count). The van der Waals surface area contributed by atoms with E-state index in [4.69, 9.17) is 4.42 Å². The summed E-state index contributed by atoms with van der Waals surface area (Å²) in [6.45, 7) is 3.33. The highest BCUT2D eigenvalue weighted by molar-refractivity contribution is 6.09. The van der Waals surface area contributed by atoms with Gasteiger partial charge >= 0.3 is 0 Å². The number of nitrogens with one attached hydrogen (secondary N) is 2. The first-order valence-corrected chi connectivity index (χ1v) is 9.75. The number of para-hydroxylation sites is 1. The summed E-state index contributed by atoms with van der Waals surface area (Å²) in [4.78, 5) is 24.2. The highest BCUT2D eigenvalue weighted by Crippen LogP contribution is 2.31. The Morgan fingerprint density at radius 1 is 0.931 bits per heavy atom. The molecule has 0 spiro atoms. The maximum Gasteiger partial charge on any atom is 0.224 e. The number of hydrogen-bond acceptors (Lipinski definition) is 3. The lowest BCUT2D eigenvalue weighted by Gasteiger charge is -2.07. The van der Waals surface area contributed by atoms with Gasteiger partial charge in [0.25, 0.3) is 0 Å². The van der Waals surface area contributed by atoms with Gasteiger partial charge in [-0.3, -0.25) is 9.59 Å². The van der Waals surface area contributed by atoms with Crippen molar-refractivity contribution in [1.82, 2.24) is 9.88 Å². The van der Waals surface area contributed by atoms with E-state index in [1.54, 1.807) is 18.4 Å². The smallest absolute Gasteiger partial charge is 0.224 e. The lowest BCUT2D eigenvalue weighted by atomic mass is 10.1. The average Bonchev–Trinajstić information content (AvgIpc) is 3.36. The molecule has 4 aromatic rings. The van der Waals surface area contributed by atoms with E-state index in [0.29, 0.717) is 12.3 Å². The minimum atomic E-state index is -0.184. The summed E-state index contributed by atoms with van der Waals surface area (Å²) < 4.78 is 7.43. The number of benzene rings is 2. The number of amides is 2. The molecule has 2 aromatic heterocycles. The standard InChI is InChI=1S/C23H23N3O3/c1-2-26-20-8-4-3-7-18(20)19-14-16(9-10-21(19)26)25-23(28)12-11-22(27)24-15-17-6-5-13-29-17/h3-10,13-14H,2,11-12,15H2,1H3,(H,24,27)(H,25,28). The fourth-order valence-corrected chi connectivity index (χ4v) is 3.61. The van der Waals surface area contributed by atoms with E-state index in [2.05, 4.69) is 34.3 Å². The van der Waals surface area contributed by atoms with Crippen molar-refractivity contribution in [1.29, 1.82) is 0 Å². The van der Waals surface area contributed by atoms with Crippen molar-refractivity contribution in [3.05, 3.63) is 66.6 Å². The molecular weight excluding hydrogens is 366 g/mol. The number of nitrogens with zero attached hydrogens (tertiary/aromatic N) is 1. The zero-order valence-electron chi connectivity index (χ0n) is 16.3. The Bertz CT molecular complexity index is 1160. The van der Waals surface area contributed by atoms with Crippen molar-refractivity contribution in [2.45, 2.75) is 32.9 Å². The van der Waals surface area contributed by atoms with Crippen LogP contribution < -0.4 is 10.6 Å².